The van der Waals surface area contributed by atoms with Gasteiger partial charge in [-0.3, -0.25) is 4.40 Å². The van der Waals surface area contributed by atoms with E-state index in [-0.39, 0.29) is 16.8 Å². The Labute approximate surface area is 144 Å². The summed E-state index contributed by atoms with van der Waals surface area (Å²) >= 11 is 1.21. The van der Waals surface area contributed by atoms with Gasteiger partial charge in [-0.05, 0) is 42.0 Å². The van der Waals surface area contributed by atoms with Crippen LogP contribution in [0.4, 0.5) is 4.39 Å². The molecular weight excluding hydrogens is 345 g/mol. The van der Waals surface area contributed by atoms with Gasteiger partial charge in [0, 0.05) is 0 Å². The van der Waals surface area contributed by atoms with E-state index in [1.807, 2.05) is 12.1 Å². The van der Waals surface area contributed by atoms with Crippen LogP contribution in [0, 0.1) is 5.82 Å². The van der Waals surface area contributed by atoms with E-state index in [0.29, 0.717) is 15.9 Å². The number of carbonyl (C=O) groups is 2. The molecule has 2 aromatic carbocycles. The van der Waals surface area contributed by atoms with Crippen molar-refractivity contribution in [3.05, 3.63) is 65.5 Å². The van der Waals surface area contributed by atoms with E-state index in [4.69, 9.17) is 0 Å². The summed E-state index contributed by atoms with van der Waals surface area (Å²) in [7, 11) is 0. The fraction of sp³-hybridized carbons (Fsp3) is 0. The lowest BCUT2D eigenvalue weighted by Crippen LogP contribution is -2.06. The molecule has 25 heavy (non-hydrogen) atoms. The molecule has 0 saturated carbocycles. The van der Waals surface area contributed by atoms with Crippen LogP contribution in [0.5, 0.6) is 0 Å². The number of carboxylic acid groups (broad SMARTS) is 2. The number of nitrogens with zero attached hydrogens (tertiary/aromatic N) is 1. The van der Waals surface area contributed by atoms with Gasteiger partial charge in [0.2, 0.25) is 0 Å². The van der Waals surface area contributed by atoms with Crippen LogP contribution in [0.1, 0.15) is 20.7 Å². The zero-order valence-electron chi connectivity index (χ0n) is 12.6. The molecule has 0 spiro atoms. The third kappa shape index (κ3) is 2.20. The van der Waals surface area contributed by atoms with Crippen LogP contribution in [-0.4, -0.2) is 26.6 Å². The summed E-state index contributed by atoms with van der Waals surface area (Å²) in [6, 6.07) is 12.6. The number of hydrogen-bond acceptors (Lipinski definition) is 3. The second-order valence-corrected chi connectivity index (χ2v) is 6.46. The van der Waals surface area contributed by atoms with Gasteiger partial charge in [0.05, 0.1) is 15.9 Å². The SMILES string of the molecule is O=C(O)c1c(C(=O)O)c2sc3ccccc3n2c1-c1ccc(F)cc1. The van der Waals surface area contributed by atoms with Gasteiger partial charge in [-0.2, -0.15) is 0 Å². The highest BCUT2D eigenvalue weighted by molar-refractivity contribution is 7.24. The molecule has 0 aliphatic heterocycles. The number of carboxylic acids is 2. The number of thiazole rings is 1. The van der Waals surface area contributed by atoms with E-state index >= 15 is 0 Å². The zero-order valence-corrected chi connectivity index (χ0v) is 13.4. The van der Waals surface area contributed by atoms with Crippen molar-refractivity contribution in [1.29, 1.82) is 0 Å². The Morgan fingerprint density at radius 2 is 1.56 bits per heavy atom. The summed E-state index contributed by atoms with van der Waals surface area (Å²) in [6.07, 6.45) is 0. The monoisotopic (exact) mass is 355 g/mol. The van der Waals surface area contributed by atoms with E-state index in [9.17, 15) is 24.2 Å². The first-order valence-corrected chi connectivity index (χ1v) is 8.09. The van der Waals surface area contributed by atoms with E-state index in [1.165, 1.54) is 35.6 Å². The van der Waals surface area contributed by atoms with Gasteiger partial charge in [-0.25, -0.2) is 14.0 Å². The van der Waals surface area contributed by atoms with Crippen LogP contribution < -0.4 is 0 Å². The van der Waals surface area contributed by atoms with Crippen molar-refractivity contribution >= 4 is 38.3 Å². The van der Waals surface area contributed by atoms with Crippen molar-refractivity contribution in [1.82, 2.24) is 4.40 Å². The summed E-state index contributed by atoms with van der Waals surface area (Å²) in [4.78, 5) is 24.0. The molecule has 2 N–H and O–H groups in total. The Hall–Kier alpha value is -3.19. The first kappa shape index (κ1) is 15.3. The van der Waals surface area contributed by atoms with Crippen molar-refractivity contribution < 1.29 is 24.2 Å². The second kappa shape index (κ2) is 5.42. The topological polar surface area (TPSA) is 79.0 Å². The molecule has 0 aliphatic carbocycles. The molecule has 2 aromatic heterocycles. The summed E-state index contributed by atoms with van der Waals surface area (Å²) in [6.45, 7) is 0. The summed E-state index contributed by atoms with van der Waals surface area (Å²) in [5.74, 6) is -3.10. The largest absolute Gasteiger partial charge is 0.478 e. The minimum Gasteiger partial charge on any atom is -0.478 e. The predicted octanol–water partition coefficient (Wildman–Crippen LogP) is 4.36. The number of aromatic carboxylic acids is 2. The average molecular weight is 355 g/mol. The highest BCUT2D eigenvalue weighted by atomic mass is 32.1. The molecule has 4 aromatic rings. The number of fused-ring (bicyclic) bond motifs is 3. The quantitative estimate of drug-likeness (QED) is 0.572. The molecule has 124 valence electrons. The van der Waals surface area contributed by atoms with Crippen LogP contribution in [0.15, 0.2) is 48.5 Å². The molecule has 0 saturated heterocycles. The van der Waals surface area contributed by atoms with Crippen LogP contribution in [0.2, 0.25) is 0 Å². The van der Waals surface area contributed by atoms with Gasteiger partial charge < -0.3 is 10.2 Å². The van der Waals surface area contributed by atoms with Crippen molar-refractivity contribution in [2.45, 2.75) is 0 Å². The van der Waals surface area contributed by atoms with Gasteiger partial charge in [0.25, 0.3) is 0 Å². The molecule has 0 bridgehead atoms. The van der Waals surface area contributed by atoms with Gasteiger partial charge in [-0.1, -0.05) is 12.1 Å². The standard InChI is InChI=1S/C18H10FNO4S/c19-10-7-5-9(6-8-10)15-13(17(21)22)14(18(23)24)16-20(15)11-3-1-2-4-12(11)25-16/h1-8H,(H,21,22)(H,23,24). The van der Waals surface area contributed by atoms with Crippen LogP contribution in [0.25, 0.3) is 26.3 Å². The Bertz CT molecular complexity index is 1160. The van der Waals surface area contributed by atoms with E-state index < -0.39 is 17.8 Å². The van der Waals surface area contributed by atoms with Gasteiger partial charge in [0.1, 0.15) is 21.8 Å². The zero-order chi connectivity index (χ0) is 17.7. The highest BCUT2D eigenvalue weighted by Crippen LogP contribution is 2.39. The predicted molar refractivity (Wildman–Crippen MR) is 92.1 cm³/mol. The molecule has 0 fully saturated rings. The van der Waals surface area contributed by atoms with E-state index in [0.717, 1.165) is 4.70 Å². The maximum absolute atomic E-state index is 13.3. The van der Waals surface area contributed by atoms with Crippen molar-refractivity contribution in [2.24, 2.45) is 0 Å². The van der Waals surface area contributed by atoms with Crippen molar-refractivity contribution in [2.75, 3.05) is 0 Å². The molecule has 2 heterocycles. The fourth-order valence-corrected chi connectivity index (χ4v) is 4.19. The van der Waals surface area contributed by atoms with Crippen molar-refractivity contribution in [3.63, 3.8) is 0 Å². The smallest absolute Gasteiger partial charge is 0.339 e. The third-order valence-electron chi connectivity index (χ3n) is 3.99. The molecule has 0 aliphatic rings. The maximum atomic E-state index is 13.3. The molecule has 7 heteroatoms. The number of hydrogen-bond donors (Lipinski definition) is 2. The number of aromatic nitrogens is 1. The maximum Gasteiger partial charge on any atom is 0.339 e. The minimum absolute atomic E-state index is 0.234. The number of rotatable bonds is 3. The summed E-state index contributed by atoms with van der Waals surface area (Å²) in [5.41, 5.74) is 0.822. The first-order valence-electron chi connectivity index (χ1n) is 7.27. The van der Waals surface area contributed by atoms with E-state index in [2.05, 4.69) is 0 Å². The first-order chi connectivity index (χ1) is 12.0. The lowest BCUT2D eigenvalue weighted by Gasteiger charge is -2.05. The molecule has 0 radical (unpaired) electrons. The highest BCUT2D eigenvalue weighted by Gasteiger charge is 2.30. The molecule has 5 nitrogen and oxygen atoms in total. The average Bonchev–Trinajstić information content (AvgIpc) is 3.09. The Morgan fingerprint density at radius 3 is 2.20 bits per heavy atom. The lowest BCUT2D eigenvalue weighted by atomic mass is 10.0. The molecular formula is C18H10FNO4S. The van der Waals surface area contributed by atoms with Crippen LogP contribution in [0.3, 0.4) is 0 Å². The lowest BCUT2D eigenvalue weighted by molar-refractivity contribution is 0.0655. The Kier molecular flexibility index (Phi) is 3.33. The molecule has 0 atom stereocenters. The molecule has 0 unspecified atom stereocenters. The van der Waals surface area contributed by atoms with Crippen molar-refractivity contribution in [3.8, 4) is 11.3 Å². The molecule has 0 amide bonds. The van der Waals surface area contributed by atoms with Gasteiger partial charge >= 0.3 is 11.9 Å². The number of halogens is 1. The second-order valence-electron chi connectivity index (χ2n) is 5.43. The molecule has 4 rings (SSSR count). The Balaban J connectivity index is 2.25. The summed E-state index contributed by atoms with van der Waals surface area (Å²) in [5, 5.41) is 19.3. The minimum atomic E-state index is -1.34. The fourth-order valence-electron chi connectivity index (χ4n) is 3.00. The Morgan fingerprint density at radius 1 is 0.920 bits per heavy atom. The van der Waals surface area contributed by atoms with Crippen LogP contribution in [-0.2, 0) is 0 Å². The van der Waals surface area contributed by atoms with Gasteiger partial charge in [0.15, 0.2) is 0 Å². The van der Waals surface area contributed by atoms with Gasteiger partial charge in [-0.15, -0.1) is 11.3 Å². The third-order valence-corrected chi connectivity index (χ3v) is 5.13. The number of para-hydroxylation sites is 1. The normalized spacial score (nSPS) is 11.2. The summed E-state index contributed by atoms with van der Waals surface area (Å²) < 4.78 is 15.7. The van der Waals surface area contributed by atoms with E-state index in [1.54, 1.807) is 16.5 Å². The van der Waals surface area contributed by atoms with Crippen LogP contribution >= 0.6 is 11.3 Å². The number of benzene rings is 2.